The minimum absolute atomic E-state index is 0.156. The largest absolute Gasteiger partial charge is 0.306 e. The molecule has 3 nitrogen and oxygen atoms in total. The summed E-state index contributed by atoms with van der Waals surface area (Å²) >= 11 is 1.79. The van der Waals surface area contributed by atoms with E-state index in [-0.39, 0.29) is 5.54 Å². The van der Waals surface area contributed by atoms with E-state index in [0.29, 0.717) is 0 Å². The molecule has 1 fully saturated rings. The fourth-order valence-electron chi connectivity index (χ4n) is 2.31. The van der Waals surface area contributed by atoms with Gasteiger partial charge in [0.25, 0.3) is 0 Å². The van der Waals surface area contributed by atoms with E-state index in [2.05, 4.69) is 50.2 Å². The van der Waals surface area contributed by atoms with E-state index in [9.17, 15) is 0 Å². The first-order valence-electron chi connectivity index (χ1n) is 8.26. The SMILES string of the molecule is CC(C)CCN(Cc1csc(CNC(C)(C)C)n1)C1CC1. The highest BCUT2D eigenvalue weighted by atomic mass is 32.1. The number of aromatic nitrogens is 1. The van der Waals surface area contributed by atoms with Gasteiger partial charge in [-0.05, 0) is 52.5 Å². The molecule has 0 aliphatic heterocycles. The van der Waals surface area contributed by atoms with Crippen LogP contribution in [0, 0.1) is 5.92 Å². The number of nitrogens with zero attached hydrogens (tertiary/aromatic N) is 2. The maximum atomic E-state index is 4.80. The summed E-state index contributed by atoms with van der Waals surface area (Å²) in [4.78, 5) is 7.44. The lowest BCUT2D eigenvalue weighted by Gasteiger charge is -2.22. The number of hydrogen-bond acceptors (Lipinski definition) is 4. The van der Waals surface area contributed by atoms with Crippen LogP contribution in [0.25, 0.3) is 0 Å². The second-order valence-corrected chi connectivity index (χ2v) is 8.66. The van der Waals surface area contributed by atoms with Crippen molar-refractivity contribution < 1.29 is 0 Å². The summed E-state index contributed by atoms with van der Waals surface area (Å²) < 4.78 is 0. The molecule has 0 bridgehead atoms. The summed E-state index contributed by atoms with van der Waals surface area (Å²) in [5, 5.41) is 6.96. The molecule has 0 spiro atoms. The standard InChI is InChI=1S/C17H31N3S/c1-13(2)8-9-20(15-6-7-15)11-14-12-21-16(19-14)10-18-17(3,4)5/h12-13,15,18H,6-11H2,1-5H3. The molecule has 1 N–H and O–H groups in total. The zero-order chi connectivity index (χ0) is 15.5. The minimum atomic E-state index is 0.156. The molecule has 1 heterocycles. The first kappa shape index (κ1) is 16.9. The zero-order valence-electron chi connectivity index (χ0n) is 14.3. The molecule has 0 amide bonds. The smallest absolute Gasteiger partial charge is 0.107 e. The Morgan fingerprint density at radius 1 is 1.38 bits per heavy atom. The minimum Gasteiger partial charge on any atom is -0.306 e. The van der Waals surface area contributed by atoms with Crippen molar-refractivity contribution in [3.05, 3.63) is 16.1 Å². The lowest BCUT2D eigenvalue weighted by atomic mass is 10.1. The Morgan fingerprint density at radius 2 is 2.10 bits per heavy atom. The molecule has 0 radical (unpaired) electrons. The molecule has 4 heteroatoms. The molecule has 2 rings (SSSR count). The molecule has 0 atom stereocenters. The predicted octanol–water partition coefficient (Wildman–Crippen LogP) is 4.04. The van der Waals surface area contributed by atoms with E-state index in [4.69, 9.17) is 4.98 Å². The van der Waals surface area contributed by atoms with Crippen molar-refractivity contribution in [1.29, 1.82) is 0 Å². The van der Waals surface area contributed by atoms with Crippen molar-refractivity contribution in [2.75, 3.05) is 6.54 Å². The molecule has 0 aromatic carbocycles. The van der Waals surface area contributed by atoms with Gasteiger partial charge in [-0.15, -0.1) is 11.3 Å². The van der Waals surface area contributed by atoms with E-state index in [1.807, 2.05) is 0 Å². The second kappa shape index (κ2) is 7.21. The van der Waals surface area contributed by atoms with E-state index >= 15 is 0 Å². The van der Waals surface area contributed by atoms with Crippen LogP contribution >= 0.6 is 11.3 Å². The van der Waals surface area contributed by atoms with Gasteiger partial charge in [0.2, 0.25) is 0 Å². The highest BCUT2D eigenvalue weighted by molar-refractivity contribution is 7.09. The van der Waals surface area contributed by atoms with Gasteiger partial charge in [0.1, 0.15) is 5.01 Å². The molecular formula is C17H31N3S. The first-order chi connectivity index (χ1) is 9.83. The van der Waals surface area contributed by atoms with Crippen LogP contribution in [-0.4, -0.2) is 28.0 Å². The summed E-state index contributed by atoms with van der Waals surface area (Å²) in [5.41, 5.74) is 1.41. The van der Waals surface area contributed by atoms with Crippen LogP contribution in [0.15, 0.2) is 5.38 Å². The average molecular weight is 310 g/mol. The third-order valence-electron chi connectivity index (χ3n) is 3.79. The molecule has 1 saturated carbocycles. The summed E-state index contributed by atoms with van der Waals surface area (Å²) in [6.07, 6.45) is 4.04. The Hall–Kier alpha value is -0.450. The van der Waals surface area contributed by atoms with E-state index in [1.54, 1.807) is 11.3 Å². The molecule has 120 valence electrons. The molecule has 21 heavy (non-hydrogen) atoms. The quantitative estimate of drug-likeness (QED) is 0.785. The molecule has 1 aliphatic carbocycles. The van der Waals surface area contributed by atoms with Crippen molar-refractivity contribution in [2.45, 2.75) is 78.6 Å². The maximum Gasteiger partial charge on any atom is 0.107 e. The topological polar surface area (TPSA) is 28.2 Å². The van der Waals surface area contributed by atoms with Crippen LogP contribution in [-0.2, 0) is 13.1 Å². The predicted molar refractivity (Wildman–Crippen MR) is 91.6 cm³/mol. The van der Waals surface area contributed by atoms with Crippen molar-refractivity contribution in [3.8, 4) is 0 Å². The fourth-order valence-corrected chi connectivity index (χ4v) is 3.03. The van der Waals surface area contributed by atoms with Crippen LogP contribution < -0.4 is 5.32 Å². The fraction of sp³-hybridized carbons (Fsp3) is 0.824. The van der Waals surface area contributed by atoms with Gasteiger partial charge in [0.05, 0.1) is 5.69 Å². The van der Waals surface area contributed by atoms with Crippen LogP contribution in [0.5, 0.6) is 0 Å². The van der Waals surface area contributed by atoms with Crippen LogP contribution in [0.3, 0.4) is 0 Å². The monoisotopic (exact) mass is 309 g/mol. The van der Waals surface area contributed by atoms with Gasteiger partial charge in [-0.1, -0.05) is 13.8 Å². The Labute approximate surface area is 134 Å². The molecule has 0 unspecified atom stereocenters. The summed E-state index contributed by atoms with van der Waals surface area (Å²) in [6.45, 7) is 14.3. The maximum absolute atomic E-state index is 4.80. The summed E-state index contributed by atoms with van der Waals surface area (Å²) in [7, 11) is 0. The number of hydrogen-bond donors (Lipinski definition) is 1. The van der Waals surface area contributed by atoms with Crippen molar-refractivity contribution >= 4 is 11.3 Å². The molecule has 0 saturated heterocycles. The molecular weight excluding hydrogens is 278 g/mol. The van der Waals surface area contributed by atoms with Gasteiger partial charge in [0.15, 0.2) is 0 Å². The van der Waals surface area contributed by atoms with Gasteiger partial charge in [-0.3, -0.25) is 4.90 Å². The second-order valence-electron chi connectivity index (χ2n) is 7.72. The molecule has 1 aromatic heterocycles. The van der Waals surface area contributed by atoms with E-state index in [1.165, 1.54) is 36.5 Å². The third-order valence-corrected chi connectivity index (χ3v) is 4.69. The Balaban J connectivity index is 1.84. The van der Waals surface area contributed by atoms with Gasteiger partial charge in [-0.2, -0.15) is 0 Å². The summed E-state index contributed by atoms with van der Waals surface area (Å²) in [6, 6.07) is 0.821. The Bertz CT molecular complexity index is 429. The molecule has 1 aliphatic rings. The lowest BCUT2D eigenvalue weighted by molar-refractivity contribution is 0.237. The van der Waals surface area contributed by atoms with E-state index in [0.717, 1.165) is 25.0 Å². The van der Waals surface area contributed by atoms with Crippen LogP contribution in [0.4, 0.5) is 0 Å². The summed E-state index contributed by atoms with van der Waals surface area (Å²) in [5.74, 6) is 0.785. The highest BCUT2D eigenvalue weighted by Crippen LogP contribution is 2.29. The van der Waals surface area contributed by atoms with E-state index < -0.39 is 0 Å². The third kappa shape index (κ3) is 6.45. The molecule has 1 aromatic rings. The zero-order valence-corrected chi connectivity index (χ0v) is 15.1. The van der Waals surface area contributed by atoms with Gasteiger partial charge >= 0.3 is 0 Å². The van der Waals surface area contributed by atoms with Crippen molar-refractivity contribution in [2.24, 2.45) is 5.92 Å². The Kier molecular flexibility index (Phi) is 5.81. The van der Waals surface area contributed by atoms with Crippen molar-refractivity contribution in [3.63, 3.8) is 0 Å². The normalized spacial score (nSPS) is 16.1. The highest BCUT2D eigenvalue weighted by Gasteiger charge is 2.29. The lowest BCUT2D eigenvalue weighted by Crippen LogP contribution is -2.35. The average Bonchev–Trinajstić information content (AvgIpc) is 3.12. The van der Waals surface area contributed by atoms with Crippen LogP contribution in [0.1, 0.15) is 64.6 Å². The van der Waals surface area contributed by atoms with Crippen LogP contribution in [0.2, 0.25) is 0 Å². The number of nitrogens with one attached hydrogen (secondary N) is 1. The first-order valence-corrected chi connectivity index (χ1v) is 9.14. The van der Waals surface area contributed by atoms with Crippen molar-refractivity contribution in [1.82, 2.24) is 15.2 Å². The Morgan fingerprint density at radius 3 is 2.67 bits per heavy atom. The van der Waals surface area contributed by atoms with Gasteiger partial charge < -0.3 is 5.32 Å². The van der Waals surface area contributed by atoms with Gasteiger partial charge in [0, 0.05) is 30.1 Å². The number of thiazole rings is 1. The van der Waals surface area contributed by atoms with Gasteiger partial charge in [-0.25, -0.2) is 4.98 Å². The number of rotatable bonds is 8.